The third-order valence-corrected chi connectivity index (χ3v) is 4.02. The number of benzene rings is 3. The second kappa shape index (κ2) is 5.28. The minimum atomic E-state index is 0.426. The highest BCUT2D eigenvalue weighted by Crippen LogP contribution is 2.40. The number of ether oxygens (including phenoxy) is 2. The van der Waals surface area contributed by atoms with Crippen molar-refractivity contribution in [1.29, 1.82) is 0 Å². The summed E-state index contributed by atoms with van der Waals surface area (Å²) in [4.78, 5) is 0. The Balaban J connectivity index is 2.56. The van der Waals surface area contributed by atoms with Crippen LogP contribution in [0.1, 0.15) is 25.3 Å². The van der Waals surface area contributed by atoms with E-state index in [4.69, 9.17) is 9.47 Å². The SMILES string of the molecule is COc1cccc2c(C(C)C)c3cccc(OC)c3cc12. The lowest BCUT2D eigenvalue weighted by Crippen LogP contribution is -1.95. The number of rotatable bonds is 3. The summed E-state index contributed by atoms with van der Waals surface area (Å²) in [6.45, 7) is 4.46. The number of hydrogen-bond acceptors (Lipinski definition) is 2. The summed E-state index contributed by atoms with van der Waals surface area (Å²) in [6.07, 6.45) is 0. The van der Waals surface area contributed by atoms with Crippen LogP contribution in [-0.4, -0.2) is 14.2 Å². The maximum absolute atomic E-state index is 5.54. The van der Waals surface area contributed by atoms with Gasteiger partial charge in [0.25, 0.3) is 0 Å². The average molecular weight is 280 g/mol. The molecule has 0 aromatic heterocycles. The summed E-state index contributed by atoms with van der Waals surface area (Å²) in [6, 6.07) is 14.6. The Morgan fingerprint density at radius 3 is 1.57 bits per heavy atom. The molecule has 0 aliphatic carbocycles. The Kier molecular flexibility index (Phi) is 3.46. The van der Waals surface area contributed by atoms with E-state index in [0.717, 1.165) is 22.3 Å². The first-order valence-corrected chi connectivity index (χ1v) is 7.23. The topological polar surface area (TPSA) is 18.5 Å². The van der Waals surface area contributed by atoms with Crippen LogP contribution < -0.4 is 9.47 Å². The van der Waals surface area contributed by atoms with Crippen LogP contribution in [0.4, 0.5) is 0 Å². The van der Waals surface area contributed by atoms with Gasteiger partial charge in [-0.25, -0.2) is 0 Å². The van der Waals surface area contributed by atoms with Crippen molar-refractivity contribution in [1.82, 2.24) is 0 Å². The highest BCUT2D eigenvalue weighted by atomic mass is 16.5. The van der Waals surface area contributed by atoms with E-state index in [1.165, 1.54) is 16.3 Å². The molecule has 0 saturated heterocycles. The molecule has 0 fully saturated rings. The Labute approximate surface area is 125 Å². The molecule has 2 heteroatoms. The summed E-state index contributed by atoms with van der Waals surface area (Å²) in [5.41, 5.74) is 1.35. The smallest absolute Gasteiger partial charge is 0.126 e. The van der Waals surface area contributed by atoms with Gasteiger partial charge in [-0.1, -0.05) is 38.1 Å². The van der Waals surface area contributed by atoms with Crippen molar-refractivity contribution in [3.63, 3.8) is 0 Å². The Morgan fingerprint density at radius 1 is 0.714 bits per heavy atom. The van der Waals surface area contributed by atoms with Crippen molar-refractivity contribution < 1.29 is 9.47 Å². The summed E-state index contributed by atoms with van der Waals surface area (Å²) in [7, 11) is 3.44. The molecule has 3 aromatic carbocycles. The van der Waals surface area contributed by atoms with Gasteiger partial charge in [0.05, 0.1) is 14.2 Å². The zero-order valence-electron chi connectivity index (χ0n) is 12.9. The molecule has 0 heterocycles. The fourth-order valence-corrected chi connectivity index (χ4v) is 3.12. The van der Waals surface area contributed by atoms with Crippen molar-refractivity contribution in [3.05, 3.63) is 48.0 Å². The van der Waals surface area contributed by atoms with E-state index in [1.807, 2.05) is 12.1 Å². The molecule has 0 unspecified atom stereocenters. The molecule has 21 heavy (non-hydrogen) atoms. The fraction of sp³-hybridized carbons (Fsp3) is 0.263. The van der Waals surface area contributed by atoms with E-state index in [9.17, 15) is 0 Å². The molecule has 0 spiro atoms. The van der Waals surface area contributed by atoms with E-state index in [1.54, 1.807) is 14.2 Å². The van der Waals surface area contributed by atoms with Gasteiger partial charge >= 0.3 is 0 Å². The Hall–Kier alpha value is -2.22. The van der Waals surface area contributed by atoms with Gasteiger partial charge in [-0.3, -0.25) is 0 Å². The van der Waals surface area contributed by atoms with Gasteiger partial charge in [-0.2, -0.15) is 0 Å². The van der Waals surface area contributed by atoms with Crippen LogP contribution in [0, 0.1) is 0 Å². The first-order valence-electron chi connectivity index (χ1n) is 7.23. The summed E-state index contributed by atoms with van der Waals surface area (Å²) in [5.74, 6) is 2.24. The van der Waals surface area contributed by atoms with Crippen molar-refractivity contribution >= 4 is 21.5 Å². The second-order valence-corrected chi connectivity index (χ2v) is 5.56. The normalized spacial score (nSPS) is 11.3. The fourth-order valence-electron chi connectivity index (χ4n) is 3.12. The van der Waals surface area contributed by atoms with E-state index in [0.29, 0.717) is 5.92 Å². The maximum Gasteiger partial charge on any atom is 0.126 e. The van der Waals surface area contributed by atoms with Crippen molar-refractivity contribution in [2.45, 2.75) is 19.8 Å². The van der Waals surface area contributed by atoms with Crippen molar-refractivity contribution in [3.8, 4) is 11.5 Å². The zero-order chi connectivity index (χ0) is 15.0. The predicted octanol–water partition coefficient (Wildman–Crippen LogP) is 5.13. The monoisotopic (exact) mass is 280 g/mol. The first kappa shape index (κ1) is 13.7. The van der Waals surface area contributed by atoms with Crippen molar-refractivity contribution in [2.75, 3.05) is 14.2 Å². The molecule has 0 saturated carbocycles. The molecular weight excluding hydrogens is 260 g/mol. The van der Waals surface area contributed by atoms with Crippen LogP contribution in [-0.2, 0) is 0 Å². The quantitative estimate of drug-likeness (QED) is 0.619. The van der Waals surface area contributed by atoms with E-state index >= 15 is 0 Å². The Morgan fingerprint density at radius 2 is 1.19 bits per heavy atom. The molecule has 0 aliphatic rings. The minimum Gasteiger partial charge on any atom is -0.496 e. The molecule has 108 valence electrons. The lowest BCUT2D eigenvalue weighted by molar-refractivity contribution is 0.419. The van der Waals surface area contributed by atoms with Gasteiger partial charge in [0.15, 0.2) is 0 Å². The van der Waals surface area contributed by atoms with Gasteiger partial charge in [-0.15, -0.1) is 0 Å². The largest absolute Gasteiger partial charge is 0.496 e. The molecule has 3 rings (SSSR count). The van der Waals surface area contributed by atoms with Crippen LogP contribution in [0.25, 0.3) is 21.5 Å². The van der Waals surface area contributed by atoms with E-state index in [-0.39, 0.29) is 0 Å². The highest BCUT2D eigenvalue weighted by Gasteiger charge is 2.15. The molecule has 2 nitrogen and oxygen atoms in total. The first-order chi connectivity index (χ1) is 10.2. The third kappa shape index (κ3) is 2.11. The van der Waals surface area contributed by atoms with Crippen LogP contribution in [0.3, 0.4) is 0 Å². The minimum absolute atomic E-state index is 0.426. The molecule has 0 amide bonds. The molecule has 3 aromatic rings. The highest BCUT2D eigenvalue weighted by molar-refractivity contribution is 6.07. The lowest BCUT2D eigenvalue weighted by atomic mass is 9.89. The molecular formula is C19H20O2. The van der Waals surface area contributed by atoms with Crippen molar-refractivity contribution in [2.24, 2.45) is 0 Å². The standard InChI is InChI=1S/C19H20O2/c1-12(2)19-13-7-5-9-17(20-3)15(13)11-16-14(19)8-6-10-18(16)21-4/h5-12H,1-4H3. The summed E-state index contributed by atoms with van der Waals surface area (Å²) < 4.78 is 11.1. The van der Waals surface area contributed by atoms with E-state index < -0.39 is 0 Å². The van der Waals surface area contributed by atoms with E-state index in [2.05, 4.69) is 44.2 Å². The zero-order valence-corrected chi connectivity index (χ0v) is 12.9. The van der Waals surface area contributed by atoms with Crippen LogP contribution in [0.15, 0.2) is 42.5 Å². The lowest BCUT2D eigenvalue weighted by Gasteiger charge is -2.17. The van der Waals surface area contributed by atoms with Crippen LogP contribution >= 0.6 is 0 Å². The van der Waals surface area contributed by atoms with Crippen LogP contribution in [0.2, 0.25) is 0 Å². The Bertz CT molecular complexity index is 741. The maximum atomic E-state index is 5.54. The van der Waals surface area contributed by atoms with Crippen LogP contribution in [0.5, 0.6) is 11.5 Å². The van der Waals surface area contributed by atoms with Gasteiger partial charge in [-0.05, 0) is 40.5 Å². The molecule has 0 N–H and O–H groups in total. The molecule has 0 radical (unpaired) electrons. The summed E-state index contributed by atoms with van der Waals surface area (Å²) >= 11 is 0. The summed E-state index contributed by atoms with van der Waals surface area (Å²) in [5, 5.41) is 4.79. The number of methoxy groups -OCH3 is 2. The second-order valence-electron chi connectivity index (χ2n) is 5.56. The molecule has 0 aliphatic heterocycles. The predicted molar refractivity (Wildman–Crippen MR) is 88.6 cm³/mol. The third-order valence-electron chi connectivity index (χ3n) is 4.02. The number of fused-ring (bicyclic) bond motifs is 2. The van der Waals surface area contributed by atoms with Gasteiger partial charge in [0.1, 0.15) is 11.5 Å². The van der Waals surface area contributed by atoms with Gasteiger partial charge in [0, 0.05) is 10.8 Å². The van der Waals surface area contributed by atoms with Gasteiger partial charge < -0.3 is 9.47 Å². The van der Waals surface area contributed by atoms with Gasteiger partial charge in [0.2, 0.25) is 0 Å². The number of hydrogen-bond donors (Lipinski definition) is 0. The average Bonchev–Trinajstić information content (AvgIpc) is 2.50. The molecule has 0 bridgehead atoms. The molecule has 0 atom stereocenters.